The summed E-state index contributed by atoms with van der Waals surface area (Å²) in [4.78, 5) is 10.1. The Kier molecular flexibility index (Phi) is 9.71. The molecule has 50 valence electrons. The number of hydrogen-bond donors (Lipinski definition) is 0. The van der Waals surface area contributed by atoms with Gasteiger partial charge in [0, 0.05) is 6.92 Å². The average molecular weight is 160 g/mol. The van der Waals surface area contributed by atoms with Gasteiger partial charge >= 0.3 is 29.6 Å². The summed E-state index contributed by atoms with van der Waals surface area (Å²) in [6, 6.07) is 0. The van der Waals surface area contributed by atoms with Crippen molar-refractivity contribution in [3.05, 3.63) is 0 Å². The van der Waals surface area contributed by atoms with Crippen LogP contribution in [-0.4, -0.2) is 41.7 Å². The van der Waals surface area contributed by atoms with Gasteiger partial charge in [-0.05, 0) is 6.92 Å². The number of carbonyl (C=O) groups excluding carboxylic acids is 1. The Morgan fingerprint density at radius 1 is 1.67 bits per heavy atom. The minimum absolute atomic E-state index is 0. The zero-order valence-electron chi connectivity index (χ0n) is 4.93. The molecule has 0 amide bonds. The molecule has 5 heteroatoms. The van der Waals surface area contributed by atoms with Crippen LogP contribution in [0.15, 0.2) is 0 Å². The molecule has 0 aliphatic rings. The first kappa shape index (κ1) is 12.5. The van der Waals surface area contributed by atoms with Crippen LogP contribution in [-0.2, 0) is 13.9 Å². The third-order valence-electron chi connectivity index (χ3n) is 0.563. The van der Waals surface area contributed by atoms with Crippen LogP contribution in [0.3, 0.4) is 0 Å². The van der Waals surface area contributed by atoms with E-state index in [0.29, 0.717) is 6.61 Å². The molecule has 1 atom stereocenters. The van der Waals surface area contributed by atoms with Gasteiger partial charge in [-0.15, -0.1) is 0 Å². The number of hydrogen-bond acceptors (Lipinski definition) is 3. The van der Waals surface area contributed by atoms with Gasteiger partial charge in [-0.3, -0.25) is 9.36 Å². The van der Waals surface area contributed by atoms with Gasteiger partial charge in [0.05, 0.1) is 6.61 Å². The zero-order chi connectivity index (χ0) is 6.57. The molecule has 3 nitrogen and oxygen atoms in total. The molecule has 0 heterocycles. The molecule has 0 aromatic heterocycles. The van der Waals surface area contributed by atoms with E-state index in [9.17, 15) is 9.36 Å². The zero-order valence-corrected chi connectivity index (χ0v) is 5.93. The van der Waals surface area contributed by atoms with Crippen molar-refractivity contribution in [1.29, 1.82) is 0 Å². The predicted molar refractivity (Wildman–Crippen MR) is 38.5 cm³/mol. The van der Waals surface area contributed by atoms with Crippen LogP contribution < -0.4 is 0 Å². The van der Waals surface area contributed by atoms with Crippen molar-refractivity contribution >= 4 is 43.1 Å². The van der Waals surface area contributed by atoms with E-state index in [-0.39, 0.29) is 35.1 Å². The second kappa shape index (κ2) is 6.97. The number of rotatable bonds is 3. The van der Waals surface area contributed by atoms with E-state index < -0.39 is 8.03 Å². The van der Waals surface area contributed by atoms with Crippen molar-refractivity contribution < 1.29 is 13.9 Å². The third-order valence-corrected chi connectivity index (χ3v) is 1.69. The van der Waals surface area contributed by atoms with Crippen LogP contribution in [0.2, 0.25) is 0 Å². The molecule has 0 fully saturated rings. The fourth-order valence-electron chi connectivity index (χ4n) is 0.233. The van der Waals surface area contributed by atoms with E-state index in [1.54, 1.807) is 6.92 Å². The van der Waals surface area contributed by atoms with Gasteiger partial charge in [-0.2, -0.15) is 0 Å². The molecule has 0 N–H and O–H groups in total. The Bertz CT molecular complexity index is 114. The molecule has 0 rings (SSSR count). The number of carbonyl (C=O) groups is 1. The standard InChI is InChI=1S/C4H9O3P.Na.H/c1-3-7-8(6)4(2)5;;/h8H,3H2,1-2H3;;. The molecule has 0 aromatic carbocycles. The summed E-state index contributed by atoms with van der Waals surface area (Å²) in [5, 5.41) is 0. The van der Waals surface area contributed by atoms with Crippen LogP contribution in [0.5, 0.6) is 0 Å². The Morgan fingerprint density at radius 2 is 2.11 bits per heavy atom. The van der Waals surface area contributed by atoms with Crippen molar-refractivity contribution in [3.63, 3.8) is 0 Å². The first-order chi connectivity index (χ1) is 3.68. The van der Waals surface area contributed by atoms with E-state index in [4.69, 9.17) is 0 Å². The van der Waals surface area contributed by atoms with E-state index in [1.165, 1.54) is 6.92 Å². The summed E-state index contributed by atoms with van der Waals surface area (Å²) in [5.41, 5.74) is -0.364. The van der Waals surface area contributed by atoms with Crippen molar-refractivity contribution in [2.24, 2.45) is 0 Å². The second-order valence-electron chi connectivity index (χ2n) is 1.28. The average Bonchev–Trinajstić information content (AvgIpc) is 1.67. The normalized spacial score (nSPS) is 11.8. The molecule has 0 aliphatic heterocycles. The first-order valence-corrected chi connectivity index (χ1v) is 3.67. The molecule has 0 saturated carbocycles. The second-order valence-corrected chi connectivity index (χ2v) is 2.84. The maximum atomic E-state index is 10.4. The maximum absolute atomic E-state index is 10.4. The van der Waals surface area contributed by atoms with Gasteiger partial charge in [0.2, 0.25) is 5.52 Å². The predicted octanol–water partition coefficient (Wildman–Crippen LogP) is 0.396. The molecule has 0 spiro atoms. The molecule has 0 bridgehead atoms. The van der Waals surface area contributed by atoms with Crippen molar-refractivity contribution in [1.82, 2.24) is 0 Å². The molecule has 9 heavy (non-hydrogen) atoms. The summed E-state index contributed by atoms with van der Waals surface area (Å²) in [6.45, 7) is 3.31. The van der Waals surface area contributed by atoms with E-state index in [1.807, 2.05) is 0 Å². The quantitative estimate of drug-likeness (QED) is 0.443. The van der Waals surface area contributed by atoms with Gasteiger partial charge in [0.15, 0.2) is 0 Å². The van der Waals surface area contributed by atoms with Crippen LogP contribution in [0.25, 0.3) is 0 Å². The Hall–Kier alpha value is 0.860. The molecule has 0 aromatic rings. The monoisotopic (exact) mass is 160 g/mol. The van der Waals surface area contributed by atoms with Crippen molar-refractivity contribution in [3.8, 4) is 0 Å². The van der Waals surface area contributed by atoms with Crippen LogP contribution in [0.1, 0.15) is 13.8 Å². The summed E-state index contributed by atoms with van der Waals surface area (Å²) >= 11 is 0. The van der Waals surface area contributed by atoms with E-state index in [0.717, 1.165) is 0 Å². The van der Waals surface area contributed by atoms with Gasteiger partial charge in [-0.25, -0.2) is 0 Å². The van der Waals surface area contributed by atoms with Gasteiger partial charge in [0.1, 0.15) is 0 Å². The van der Waals surface area contributed by atoms with Crippen LogP contribution in [0.4, 0.5) is 0 Å². The first-order valence-electron chi connectivity index (χ1n) is 2.36. The minimum atomic E-state index is -2.35. The van der Waals surface area contributed by atoms with E-state index in [2.05, 4.69) is 4.52 Å². The van der Waals surface area contributed by atoms with Crippen molar-refractivity contribution in [2.45, 2.75) is 13.8 Å². The molecule has 1 unspecified atom stereocenters. The Morgan fingerprint density at radius 3 is 2.22 bits per heavy atom. The Balaban J connectivity index is 0. The van der Waals surface area contributed by atoms with Gasteiger partial charge in [-0.1, -0.05) is 0 Å². The molecular formula is C4H10NaO3P. The van der Waals surface area contributed by atoms with E-state index >= 15 is 0 Å². The molecule has 0 aliphatic carbocycles. The van der Waals surface area contributed by atoms with Gasteiger partial charge in [0.25, 0.3) is 8.03 Å². The molecule has 0 radical (unpaired) electrons. The van der Waals surface area contributed by atoms with Crippen molar-refractivity contribution in [2.75, 3.05) is 6.61 Å². The van der Waals surface area contributed by atoms with Crippen LogP contribution >= 0.6 is 8.03 Å². The Labute approximate surface area is 77.3 Å². The van der Waals surface area contributed by atoms with Gasteiger partial charge < -0.3 is 4.52 Å². The third kappa shape index (κ3) is 6.75. The topological polar surface area (TPSA) is 43.4 Å². The molecular weight excluding hydrogens is 150 g/mol. The summed E-state index contributed by atoms with van der Waals surface area (Å²) < 4.78 is 14.9. The fraction of sp³-hybridized carbons (Fsp3) is 0.750. The summed E-state index contributed by atoms with van der Waals surface area (Å²) in [6.07, 6.45) is 0. The summed E-state index contributed by atoms with van der Waals surface area (Å²) in [7, 11) is -2.35. The molecule has 0 saturated heterocycles. The van der Waals surface area contributed by atoms with Crippen LogP contribution in [0, 0.1) is 0 Å². The SMILES string of the molecule is CCO[PH](=O)C(C)=O.[NaH]. The summed E-state index contributed by atoms with van der Waals surface area (Å²) in [5.74, 6) is 0. The fourth-order valence-corrected chi connectivity index (χ4v) is 0.698.